The summed E-state index contributed by atoms with van der Waals surface area (Å²) in [5.74, 6) is 0. The molecule has 0 atom stereocenters. The average molecular weight is 272 g/mol. The predicted molar refractivity (Wildman–Crippen MR) is 83.2 cm³/mol. The van der Waals surface area contributed by atoms with Crippen molar-refractivity contribution >= 4 is 11.6 Å². The molecular weight excluding hydrogens is 254 g/mol. The highest BCUT2D eigenvalue weighted by Crippen LogP contribution is 2.10. The van der Waals surface area contributed by atoms with E-state index in [4.69, 9.17) is 11.6 Å². The molecule has 1 N–H and O–H groups in total. The van der Waals surface area contributed by atoms with Gasteiger partial charge in [-0.05, 0) is 36.2 Å². The van der Waals surface area contributed by atoms with Gasteiger partial charge in [-0.3, -0.25) is 0 Å². The van der Waals surface area contributed by atoms with Crippen LogP contribution in [0.5, 0.6) is 0 Å². The van der Waals surface area contributed by atoms with E-state index in [1.54, 1.807) is 0 Å². The zero-order chi connectivity index (χ0) is 13.9. The molecule has 2 aromatic rings. The van der Waals surface area contributed by atoms with Crippen molar-refractivity contribution in [3.8, 4) is 12.8 Å². The van der Waals surface area contributed by atoms with Crippen LogP contribution in [0.15, 0.2) is 54.6 Å². The zero-order valence-corrected chi connectivity index (χ0v) is 11.6. The molecule has 0 aliphatic carbocycles. The first-order valence-electron chi connectivity index (χ1n) is 6.17. The van der Waals surface area contributed by atoms with E-state index < -0.39 is 0 Å². The number of nitrogens with one attached hydrogen (secondary N) is 1. The van der Waals surface area contributed by atoms with Gasteiger partial charge in [0.05, 0.1) is 0 Å². The van der Waals surface area contributed by atoms with Gasteiger partial charge in [-0.2, -0.15) is 0 Å². The van der Waals surface area contributed by atoms with Crippen LogP contribution in [0.3, 0.4) is 0 Å². The standard InChI is InChI=1S/C15H16ClN.C2H2/c16-15-8-4-7-13(11-15)9-10-17-12-14-5-2-1-3-6-14;1-2/h1-8,11,17H,9-10,12H2;1-2H. The van der Waals surface area contributed by atoms with Crippen molar-refractivity contribution in [2.45, 2.75) is 13.0 Å². The van der Waals surface area contributed by atoms with Gasteiger partial charge in [0.15, 0.2) is 0 Å². The van der Waals surface area contributed by atoms with Gasteiger partial charge in [0, 0.05) is 11.6 Å². The maximum Gasteiger partial charge on any atom is 0.0408 e. The molecule has 0 radical (unpaired) electrons. The first-order valence-corrected chi connectivity index (χ1v) is 6.55. The van der Waals surface area contributed by atoms with Gasteiger partial charge in [-0.25, -0.2) is 0 Å². The summed E-state index contributed by atoms with van der Waals surface area (Å²) in [6.45, 7) is 1.89. The largest absolute Gasteiger partial charge is 0.312 e. The quantitative estimate of drug-likeness (QED) is 0.642. The normalized spacial score (nSPS) is 9.42. The average Bonchev–Trinajstić information content (AvgIpc) is 2.47. The lowest BCUT2D eigenvalue weighted by Crippen LogP contribution is -2.16. The third-order valence-electron chi connectivity index (χ3n) is 2.65. The van der Waals surface area contributed by atoms with Crippen LogP contribution in [0.1, 0.15) is 11.1 Å². The van der Waals surface area contributed by atoms with E-state index in [2.05, 4.69) is 48.5 Å². The molecule has 0 spiro atoms. The molecule has 0 amide bonds. The van der Waals surface area contributed by atoms with Crippen molar-refractivity contribution < 1.29 is 0 Å². The maximum absolute atomic E-state index is 5.93. The summed E-state index contributed by atoms with van der Waals surface area (Å²) in [6.07, 6.45) is 9.01. The molecule has 2 rings (SSSR count). The molecular formula is C17H18ClN. The number of halogens is 1. The molecule has 2 aromatic carbocycles. The summed E-state index contributed by atoms with van der Waals surface area (Å²) in [4.78, 5) is 0. The molecule has 0 aromatic heterocycles. The Kier molecular flexibility index (Phi) is 7.43. The maximum atomic E-state index is 5.93. The van der Waals surface area contributed by atoms with E-state index in [0.29, 0.717) is 0 Å². The van der Waals surface area contributed by atoms with Crippen LogP contribution in [-0.2, 0) is 13.0 Å². The van der Waals surface area contributed by atoms with Gasteiger partial charge in [0.25, 0.3) is 0 Å². The molecule has 0 bridgehead atoms. The van der Waals surface area contributed by atoms with E-state index in [1.807, 2.05) is 24.3 Å². The summed E-state index contributed by atoms with van der Waals surface area (Å²) in [5, 5.41) is 4.24. The fraction of sp³-hybridized carbons (Fsp3) is 0.176. The van der Waals surface area contributed by atoms with Gasteiger partial charge in [-0.1, -0.05) is 54.1 Å². The Hall–Kier alpha value is -1.75. The fourth-order valence-electron chi connectivity index (χ4n) is 1.75. The summed E-state index contributed by atoms with van der Waals surface area (Å²) < 4.78 is 0. The lowest BCUT2D eigenvalue weighted by molar-refractivity contribution is 0.687. The van der Waals surface area contributed by atoms with Crippen molar-refractivity contribution in [1.29, 1.82) is 0 Å². The van der Waals surface area contributed by atoms with Crippen LogP contribution in [0.4, 0.5) is 0 Å². The van der Waals surface area contributed by atoms with Gasteiger partial charge in [0.1, 0.15) is 0 Å². The summed E-state index contributed by atoms with van der Waals surface area (Å²) >= 11 is 5.93. The number of benzene rings is 2. The van der Waals surface area contributed by atoms with Gasteiger partial charge in [0.2, 0.25) is 0 Å². The molecule has 0 aliphatic rings. The molecule has 0 unspecified atom stereocenters. The van der Waals surface area contributed by atoms with E-state index in [0.717, 1.165) is 24.5 Å². The highest BCUT2D eigenvalue weighted by atomic mass is 35.5. The van der Waals surface area contributed by atoms with Crippen molar-refractivity contribution in [2.24, 2.45) is 0 Å². The predicted octanol–water partition coefficient (Wildman–Crippen LogP) is 3.92. The van der Waals surface area contributed by atoms with Crippen LogP contribution in [-0.4, -0.2) is 6.54 Å². The van der Waals surface area contributed by atoms with E-state index in [1.165, 1.54) is 11.1 Å². The Morgan fingerprint density at radius 1 is 0.895 bits per heavy atom. The minimum Gasteiger partial charge on any atom is -0.312 e. The first kappa shape index (κ1) is 15.3. The number of terminal acetylenes is 1. The molecule has 98 valence electrons. The third-order valence-corrected chi connectivity index (χ3v) is 2.89. The summed E-state index contributed by atoms with van der Waals surface area (Å²) in [7, 11) is 0. The lowest BCUT2D eigenvalue weighted by Gasteiger charge is -2.05. The van der Waals surface area contributed by atoms with Crippen molar-refractivity contribution in [3.05, 3.63) is 70.7 Å². The SMILES string of the molecule is C#C.Clc1cccc(CCNCc2ccccc2)c1. The molecule has 0 saturated carbocycles. The molecule has 19 heavy (non-hydrogen) atoms. The topological polar surface area (TPSA) is 12.0 Å². The fourth-order valence-corrected chi connectivity index (χ4v) is 1.97. The van der Waals surface area contributed by atoms with Crippen molar-refractivity contribution in [1.82, 2.24) is 5.32 Å². The first-order chi connectivity index (χ1) is 9.34. The van der Waals surface area contributed by atoms with Crippen LogP contribution in [0.25, 0.3) is 0 Å². The Bertz CT molecular complexity index is 491. The molecule has 2 heteroatoms. The minimum atomic E-state index is 0.811. The van der Waals surface area contributed by atoms with Crippen LogP contribution in [0.2, 0.25) is 5.02 Å². The molecule has 0 aliphatic heterocycles. The van der Waals surface area contributed by atoms with Crippen LogP contribution >= 0.6 is 11.6 Å². The van der Waals surface area contributed by atoms with Gasteiger partial charge >= 0.3 is 0 Å². The molecule has 0 heterocycles. The van der Waals surface area contributed by atoms with Gasteiger partial charge in [-0.15, -0.1) is 12.8 Å². The second kappa shape index (κ2) is 9.22. The summed E-state index contributed by atoms with van der Waals surface area (Å²) in [5.41, 5.74) is 2.59. The lowest BCUT2D eigenvalue weighted by atomic mass is 10.1. The minimum absolute atomic E-state index is 0.811. The Morgan fingerprint density at radius 2 is 1.58 bits per heavy atom. The Balaban J connectivity index is 0.000000861. The van der Waals surface area contributed by atoms with E-state index >= 15 is 0 Å². The smallest absolute Gasteiger partial charge is 0.0408 e. The number of rotatable bonds is 5. The van der Waals surface area contributed by atoms with Crippen LogP contribution in [0, 0.1) is 12.8 Å². The van der Waals surface area contributed by atoms with E-state index in [9.17, 15) is 0 Å². The highest BCUT2D eigenvalue weighted by molar-refractivity contribution is 6.30. The van der Waals surface area contributed by atoms with Gasteiger partial charge < -0.3 is 5.32 Å². The van der Waals surface area contributed by atoms with E-state index in [-0.39, 0.29) is 0 Å². The van der Waals surface area contributed by atoms with Crippen LogP contribution < -0.4 is 5.32 Å². The third kappa shape index (κ3) is 6.10. The number of hydrogen-bond acceptors (Lipinski definition) is 1. The number of hydrogen-bond donors (Lipinski definition) is 1. The van der Waals surface area contributed by atoms with Crippen molar-refractivity contribution in [3.63, 3.8) is 0 Å². The monoisotopic (exact) mass is 271 g/mol. The highest BCUT2D eigenvalue weighted by Gasteiger charge is 1.95. The summed E-state index contributed by atoms with van der Waals surface area (Å²) in [6, 6.07) is 18.5. The second-order valence-electron chi connectivity index (χ2n) is 4.04. The van der Waals surface area contributed by atoms with Crippen molar-refractivity contribution in [2.75, 3.05) is 6.54 Å². The molecule has 0 fully saturated rings. The Morgan fingerprint density at radius 3 is 2.26 bits per heavy atom. The second-order valence-corrected chi connectivity index (χ2v) is 4.48. The Labute approximate surface area is 120 Å². The molecule has 0 saturated heterocycles. The molecule has 1 nitrogen and oxygen atoms in total. The zero-order valence-electron chi connectivity index (χ0n) is 10.9.